The van der Waals surface area contributed by atoms with Crippen LogP contribution in [0.3, 0.4) is 0 Å². The fourth-order valence-electron chi connectivity index (χ4n) is 5.49. The Balaban J connectivity index is 1.37. The van der Waals surface area contributed by atoms with Gasteiger partial charge in [-0.15, -0.1) is 0 Å². The molecule has 0 saturated carbocycles. The maximum atomic E-state index is 13.9. The van der Waals surface area contributed by atoms with Crippen molar-refractivity contribution in [2.24, 2.45) is 4.99 Å². The van der Waals surface area contributed by atoms with Crippen LogP contribution in [0, 0.1) is 10.1 Å². The first-order chi connectivity index (χ1) is 19.9. The quantitative estimate of drug-likeness (QED) is 0.168. The van der Waals surface area contributed by atoms with Crippen molar-refractivity contribution in [3.8, 4) is 11.3 Å². The molecule has 2 aromatic heterocycles. The second-order valence-electron chi connectivity index (χ2n) is 9.79. The Labute approximate surface area is 247 Å². The Hall–Kier alpha value is -4.24. The van der Waals surface area contributed by atoms with Crippen molar-refractivity contribution in [2.45, 2.75) is 18.9 Å². The molecule has 41 heavy (non-hydrogen) atoms. The molecule has 5 aromatic rings. The van der Waals surface area contributed by atoms with E-state index in [-0.39, 0.29) is 22.3 Å². The number of allylic oxidation sites excluding steroid dienone is 1. The molecule has 0 spiro atoms. The maximum Gasteiger partial charge on any atom is 0.288 e. The van der Waals surface area contributed by atoms with E-state index in [1.165, 1.54) is 29.0 Å². The van der Waals surface area contributed by atoms with Gasteiger partial charge in [-0.3, -0.25) is 19.5 Å². The van der Waals surface area contributed by atoms with Crippen molar-refractivity contribution in [1.82, 2.24) is 4.57 Å². The minimum atomic E-state index is -0.536. The van der Waals surface area contributed by atoms with Crippen LogP contribution in [0.25, 0.3) is 23.1 Å². The molecule has 0 amide bonds. The normalized spacial score (nSPS) is 16.1. The van der Waals surface area contributed by atoms with Crippen LogP contribution in [0.1, 0.15) is 34.9 Å². The zero-order valence-corrected chi connectivity index (χ0v) is 23.5. The van der Waals surface area contributed by atoms with E-state index < -0.39 is 4.92 Å². The van der Waals surface area contributed by atoms with Gasteiger partial charge < -0.3 is 4.42 Å². The summed E-state index contributed by atoms with van der Waals surface area (Å²) in [5.41, 5.74) is 5.47. The Morgan fingerprint density at radius 1 is 1.02 bits per heavy atom. The number of rotatable bonds is 4. The summed E-state index contributed by atoms with van der Waals surface area (Å²) in [5.74, 6) is 0.870. The Morgan fingerprint density at radius 2 is 1.83 bits per heavy atom. The van der Waals surface area contributed by atoms with Gasteiger partial charge in [-0.1, -0.05) is 70.9 Å². The number of aromatic nitrogens is 1. The number of thiazole rings is 1. The van der Waals surface area contributed by atoms with E-state index in [4.69, 9.17) is 32.6 Å². The first-order valence-corrected chi connectivity index (χ1v) is 14.4. The van der Waals surface area contributed by atoms with Gasteiger partial charge in [0, 0.05) is 28.3 Å². The van der Waals surface area contributed by atoms with E-state index in [9.17, 15) is 14.9 Å². The number of fused-ring (bicyclic) bond motifs is 3. The number of aryl methyl sites for hydroxylation is 1. The highest BCUT2D eigenvalue weighted by Crippen LogP contribution is 2.41. The molecule has 202 valence electrons. The zero-order valence-electron chi connectivity index (χ0n) is 21.2. The van der Waals surface area contributed by atoms with E-state index in [1.54, 1.807) is 28.8 Å². The number of hydrogen-bond acceptors (Lipinski definition) is 6. The number of hydrogen-bond donors (Lipinski definition) is 0. The Bertz CT molecular complexity index is 2090. The molecule has 7 rings (SSSR count). The summed E-state index contributed by atoms with van der Waals surface area (Å²) in [4.78, 5) is 30.3. The Morgan fingerprint density at radius 3 is 2.63 bits per heavy atom. The second kappa shape index (κ2) is 9.99. The predicted octanol–water partition coefficient (Wildman–Crippen LogP) is 6.79. The smallest absolute Gasteiger partial charge is 0.288 e. The van der Waals surface area contributed by atoms with E-state index in [0.29, 0.717) is 31.4 Å². The van der Waals surface area contributed by atoms with Crippen molar-refractivity contribution in [3.05, 3.63) is 147 Å². The molecule has 0 fully saturated rings. The Kier molecular flexibility index (Phi) is 6.27. The van der Waals surface area contributed by atoms with E-state index >= 15 is 0 Å². The third-order valence-electron chi connectivity index (χ3n) is 7.39. The molecular formula is C31H19Cl2N3O4S. The van der Waals surface area contributed by atoms with E-state index in [0.717, 1.165) is 35.2 Å². The monoisotopic (exact) mass is 599 g/mol. The van der Waals surface area contributed by atoms with Gasteiger partial charge in [-0.25, -0.2) is 4.99 Å². The number of nitro groups is 1. The fraction of sp³-hybridized carbons (Fsp3) is 0.0968. The molecule has 1 atom stereocenters. The lowest BCUT2D eigenvalue weighted by atomic mass is 9.83. The van der Waals surface area contributed by atoms with Gasteiger partial charge in [0.25, 0.3) is 11.2 Å². The lowest BCUT2D eigenvalue weighted by molar-refractivity contribution is -0.384. The topological polar surface area (TPSA) is 90.6 Å². The standard InChI is InChI=1S/C31H19Cl2N3O4S/c32-20-9-5-18(6-10-20)29-23-12-7-17-3-1-2-4-22(17)28(23)34-31-35(29)30(37)27(41-31)16-21-11-14-26(40-21)19-8-13-24(33)25(15-19)36(38)39/h1-6,8-11,13-16,29H,7,12H2/b27-16+/t29-/m0/s1. The van der Waals surface area contributed by atoms with Crippen LogP contribution in [-0.4, -0.2) is 9.49 Å². The minimum Gasteiger partial charge on any atom is -0.457 e. The molecule has 1 aliphatic carbocycles. The molecule has 1 aliphatic heterocycles. The summed E-state index contributed by atoms with van der Waals surface area (Å²) in [6.45, 7) is 0. The number of nitrogens with zero attached hydrogens (tertiary/aromatic N) is 3. The molecule has 0 unspecified atom stereocenters. The lowest BCUT2D eigenvalue weighted by Crippen LogP contribution is -2.38. The van der Waals surface area contributed by atoms with Crippen molar-refractivity contribution in [3.63, 3.8) is 0 Å². The second-order valence-corrected chi connectivity index (χ2v) is 11.6. The third-order valence-corrected chi connectivity index (χ3v) is 8.94. The van der Waals surface area contributed by atoms with E-state index in [1.807, 2.05) is 36.4 Å². The summed E-state index contributed by atoms with van der Waals surface area (Å²) < 4.78 is 8.22. The van der Waals surface area contributed by atoms with Gasteiger partial charge in [0.05, 0.1) is 21.2 Å². The largest absolute Gasteiger partial charge is 0.457 e. The predicted molar refractivity (Wildman–Crippen MR) is 160 cm³/mol. The van der Waals surface area contributed by atoms with Crippen molar-refractivity contribution >= 4 is 52.0 Å². The van der Waals surface area contributed by atoms with Crippen LogP contribution in [-0.2, 0) is 6.42 Å². The van der Waals surface area contributed by atoms with Crippen molar-refractivity contribution in [1.29, 1.82) is 0 Å². The number of benzene rings is 3. The van der Waals surface area contributed by atoms with Gasteiger partial charge in [-0.2, -0.15) is 0 Å². The van der Waals surface area contributed by atoms with Gasteiger partial charge in [-0.05, 0) is 65.9 Å². The van der Waals surface area contributed by atoms with Gasteiger partial charge in [0.15, 0.2) is 4.80 Å². The average molecular weight is 600 g/mol. The molecule has 0 bridgehead atoms. The summed E-state index contributed by atoms with van der Waals surface area (Å²) in [6, 6.07) is 23.5. The first kappa shape index (κ1) is 25.7. The molecule has 0 radical (unpaired) electrons. The van der Waals surface area contributed by atoms with Gasteiger partial charge >= 0.3 is 0 Å². The molecule has 0 saturated heterocycles. The summed E-state index contributed by atoms with van der Waals surface area (Å²) in [7, 11) is 0. The maximum absolute atomic E-state index is 13.9. The number of furan rings is 1. The molecule has 2 aliphatic rings. The fourth-order valence-corrected chi connectivity index (χ4v) is 6.78. The summed E-state index contributed by atoms with van der Waals surface area (Å²) >= 11 is 13.5. The highest BCUT2D eigenvalue weighted by Gasteiger charge is 2.32. The highest BCUT2D eigenvalue weighted by molar-refractivity contribution is 7.07. The van der Waals surface area contributed by atoms with Gasteiger partial charge in [0.2, 0.25) is 0 Å². The van der Waals surface area contributed by atoms with Crippen LogP contribution < -0.4 is 14.9 Å². The highest BCUT2D eigenvalue weighted by atomic mass is 35.5. The number of nitro benzene ring substituents is 1. The number of halogens is 2. The average Bonchev–Trinajstić information content (AvgIpc) is 3.57. The van der Waals surface area contributed by atoms with Gasteiger partial charge in [0.1, 0.15) is 16.5 Å². The van der Waals surface area contributed by atoms with Crippen molar-refractivity contribution in [2.75, 3.05) is 0 Å². The molecule has 10 heteroatoms. The minimum absolute atomic E-state index is 0.0483. The molecule has 3 aromatic carbocycles. The molecular weight excluding hydrogens is 581 g/mol. The van der Waals surface area contributed by atoms with Crippen LogP contribution >= 0.6 is 34.5 Å². The van der Waals surface area contributed by atoms with Crippen LogP contribution in [0.15, 0.2) is 98.6 Å². The SMILES string of the molecule is O=c1/c(=C\c2ccc(-c3ccc(Cl)c([N+](=O)[O-])c3)o2)sc2n1[C@@H](c1ccc(Cl)cc1)C1=C(N=2)c2ccccc2CC1. The van der Waals surface area contributed by atoms with Crippen LogP contribution in [0.4, 0.5) is 5.69 Å². The van der Waals surface area contributed by atoms with Crippen molar-refractivity contribution < 1.29 is 9.34 Å². The molecule has 3 heterocycles. The van der Waals surface area contributed by atoms with Crippen LogP contribution in [0.5, 0.6) is 0 Å². The van der Waals surface area contributed by atoms with E-state index in [2.05, 4.69) is 12.1 Å². The lowest BCUT2D eigenvalue weighted by Gasteiger charge is -2.30. The van der Waals surface area contributed by atoms with Crippen LogP contribution in [0.2, 0.25) is 10.0 Å². The third kappa shape index (κ3) is 4.44. The first-order valence-electron chi connectivity index (χ1n) is 12.8. The molecule has 0 N–H and O–H groups in total. The summed E-state index contributed by atoms with van der Waals surface area (Å²) in [5, 5.41) is 12.0. The zero-order chi connectivity index (χ0) is 28.2. The molecule has 7 nitrogen and oxygen atoms in total. The summed E-state index contributed by atoms with van der Waals surface area (Å²) in [6.07, 6.45) is 3.35.